The van der Waals surface area contributed by atoms with Gasteiger partial charge < -0.3 is 0 Å². The van der Waals surface area contributed by atoms with Crippen LogP contribution in [-0.2, 0) is 16.4 Å². The van der Waals surface area contributed by atoms with Crippen LogP contribution in [0.15, 0.2) is 30.3 Å². The van der Waals surface area contributed by atoms with E-state index in [0.717, 1.165) is 5.56 Å². The molecule has 3 nitrogen and oxygen atoms in total. The third-order valence-electron chi connectivity index (χ3n) is 2.38. The summed E-state index contributed by atoms with van der Waals surface area (Å²) in [4.78, 5) is 0. The molecule has 0 saturated carbocycles. The molecule has 0 spiro atoms. The highest BCUT2D eigenvalue weighted by molar-refractivity contribution is 7.89. The maximum absolute atomic E-state index is 11.8. The number of rotatable bonds is 4. The Hall–Kier alpha value is -0.870. The first-order valence-corrected chi connectivity index (χ1v) is 6.40. The van der Waals surface area contributed by atoms with Gasteiger partial charge in [-0.05, 0) is 18.9 Å². The van der Waals surface area contributed by atoms with E-state index in [4.69, 9.17) is 0 Å². The van der Waals surface area contributed by atoms with Crippen molar-refractivity contribution in [2.24, 2.45) is 0 Å². The molecule has 0 bridgehead atoms. The number of benzene rings is 1. The molecule has 0 aromatic heterocycles. The lowest BCUT2D eigenvalue weighted by molar-refractivity contribution is 0.507. The Kier molecular flexibility index (Phi) is 3.88. The van der Waals surface area contributed by atoms with Crippen molar-refractivity contribution in [2.75, 3.05) is 14.1 Å². The average molecular weight is 227 g/mol. The summed E-state index contributed by atoms with van der Waals surface area (Å²) in [5, 5.41) is -0.380. The molecule has 0 fully saturated rings. The van der Waals surface area contributed by atoms with E-state index in [-0.39, 0.29) is 5.25 Å². The molecule has 0 saturated heterocycles. The number of nitrogens with zero attached hydrogens (tertiary/aromatic N) is 1. The first kappa shape index (κ1) is 12.2. The molecule has 0 amide bonds. The number of hydrogen-bond donors (Lipinski definition) is 0. The second kappa shape index (κ2) is 4.77. The molecule has 1 atom stereocenters. The molecular weight excluding hydrogens is 210 g/mol. The Balaban J connectivity index is 2.77. The fourth-order valence-corrected chi connectivity index (χ4v) is 2.53. The predicted octanol–water partition coefficient (Wildman–Crippen LogP) is 1.51. The average Bonchev–Trinajstić information content (AvgIpc) is 2.18. The summed E-state index contributed by atoms with van der Waals surface area (Å²) in [5.41, 5.74) is 1.05. The lowest BCUT2D eigenvalue weighted by Crippen LogP contribution is -2.32. The SMILES string of the molecule is CC(Cc1ccccc1)S(=O)(=O)N(C)C. The van der Waals surface area contributed by atoms with E-state index in [1.165, 1.54) is 4.31 Å². The second-order valence-electron chi connectivity index (χ2n) is 3.83. The van der Waals surface area contributed by atoms with Crippen LogP contribution in [-0.4, -0.2) is 32.1 Å². The topological polar surface area (TPSA) is 37.4 Å². The molecule has 0 aliphatic rings. The maximum atomic E-state index is 11.8. The molecule has 1 aromatic rings. The lowest BCUT2D eigenvalue weighted by atomic mass is 10.1. The zero-order valence-electron chi connectivity index (χ0n) is 9.34. The monoisotopic (exact) mass is 227 g/mol. The lowest BCUT2D eigenvalue weighted by Gasteiger charge is -2.17. The zero-order valence-corrected chi connectivity index (χ0v) is 10.2. The van der Waals surface area contributed by atoms with Crippen molar-refractivity contribution in [2.45, 2.75) is 18.6 Å². The summed E-state index contributed by atoms with van der Waals surface area (Å²) >= 11 is 0. The van der Waals surface area contributed by atoms with Crippen LogP contribution in [0.5, 0.6) is 0 Å². The van der Waals surface area contributed by atoms with Crippen molar-refractivity contribution < 1.29 is 8.42 Å². The van der Waals surface area contributed by atoms with E-state index in [9.17, 15) is 8.42 Å². The van der Waals surface area contributed by atoms with Crippen molar-refractivity contribution in [3.63, 3.8) is 0 Å². The van der Waals surface area contributed by atoms with Crippen LogP contribution >= 0.6 is 0 Å². The minimum atomic E-state index is -3.14. The highest BCUT2D eigenvalue weighted by atomic mass is 32.2. The van der Waals surface area contributed by atoms with Gasteiger partial charge >= 0.3 is 0 Å². The van der Waals surface area contributed by atoms with Gasteiger partial charge in [0.1, 0.15) is 0 Å². The van der Waals surface area contributed by atoms with E-state index in [1.807, 2.05) is 30.3 Å². The first-order valence-electron chi connectivity index (χ1n) is 4.90. The van der Waals surface area contributed by atoms with E-state index < -0.39 is 10.0 Å². The minimum absolute atomic E-state index is 0.380. The Labute approximate surface area is 91.8 Å². The largest absolute Gasteiger partial charge is 0.216 e. The smallest absolute Gasteiger partial charge is 0.212 e. The number of hydrogen-bond acceptors (Lipinski definition) is 2. The van der Waals surface area contributed by atoms with Crippen LogP contribution in [0.2, 0.25) is 0 Å². The van der Waals surface area contributed by atoms with Gasteiger partial charge in [-0.25, -0.2) is 12.7 Å². The van der Waals surface area contributed by atoms with Gasteiger partial charge in [-0.15, -0.1) is 0 Å². The minimum Gasteiger partial charge on any atom is -0.212 e. The normalized spacial score (nSPS) is 14.1. The summed E-state index contributed by atoms with van der Waals surface area (Å²) in [5.74, 6) is 0. The van der Waals surface area contributed by atoms with E-state index in [0.29, 0.717) is 6.42 Å². The van der Waals surface area contributed by atoms with Crippen molar-refractivity contribution in [1.82, 2.24) is 4.31 Å². The zero-order chi connectivity index (χ0) is 11.5. The van der Waals surface area contributed by atoms with Gasteiger partial charge in [0.25, 0.3) is 0 Å². The van der Waals surface area contributed by atoms with Gasteiger partial charge in [-0.2, -0.15) is 0 Å². The van der Waals surface area contributed by atoms with Crippen LogP contribution < -0.4 is 0 Å². The quantitative estimate of drug-likeness (QED) is 0.782. The molecule has 0 N–H and O–H groups in total. The highest BCUT2D eigenvalue weighted by Gasteiger charge is 2.22. The first-order chi connectivity index (χ1) is 6.94. The summed E-state index contributed by atoms with van der Waals surface area (Å²) in [6.07, 6.45) is 0.557. The van der Waals surface area contributed by atoms with Crippen LogP contribution in [0, 0.1) is 0 Å². The maximum Gasteiger partial charge on any atom is 0.216 e. The molecular formula is C11H17NO2S. The standard InChI is InChI=1S/C11H17NO2S/c1-10(15(13,14)12(2)3)9-11-7-5-4-6-8-11/h4-8,10H,9H2,1-3H3. The van der Waals surface area contributed by atoms with Gasteiger partial charge in [-0.1, -0.05) is 30.3 Å². The van der Waals surface area contributed by atoms with E-state index in [2.05, 4.69) is 0 Å². The van der Waals surface area contributed by atoms with Crippen molar-refractivity contribution in [3.8, 4) is 0 Å². The van der Waals surface area contributed by atoms with E-state index >= 15 is 0 Å². The van der Waals surface area contributed by atoms with Gasteiger partial charge in [-0.3, -0.25) is 0 Å². The molecule has 0 aliphatic carbocycles. The molecule has 1 unspecified atom stereocenters. The van der Waals surface area contributed by atoms with Gasteiger partial charge in [0.15, 0.2) is 0 Å². The summed E-state index contributed by atoms with van der Waals surface area (Å²) in [6.45, 7) is 1.74. The molecule has 84 valence electrons. The third kappa shape index (κ3) is 3.04. The van der Waals surface area contributed by atoms with Crippen LogP contribution in [0.3, 0.4) is 0 Å². The van der Waals surface area contributed by atoms with Crippen molar-refractivity contribution >= 4 is 10.0 Å². The third-order valence-corrected chi connectivity index (χ3v) is 4.58. The van der Waals surface area contributed by atoms with Gasteiger partial charge in [0, 0.05) is 14.1 Å². The summed E-state index contributed by atoms with van der Waals surface area (Å²) < 4.78 is 24.8. The van der Waals surface area contributed by atoms with Crippen molar-refractivity contribution in [3.05, 3.63) is 35.9 Å². The van der Waals surface area contributed by atoms with Crippen LogP contribution in [0.25, 0.3) is 0 Å². The Morgan fingerprint density at radius 3 is 2.20 bits per heavy atom. The predicted molar refractivity (Wildman–Crippen MR) is 62.2 cm³/mol. The van der Waals surface area contributed by atoms with Gasteiger partial charge in [0.2, 0.25) is 10.0 Å². The summed E-state index contributed by atoms with van der Waals surface area (Å²) in [7, 11) is -0.00917. The fourth-order valence-electron chi connectivity index (χ4n) is 1.41. The second-order valence-corrected chi connectivity index (χ2v) is 6.39. The Bertz CT molecular complexity index is 398. The molecule has 0 heterocycles. The van der Waals surface area contributed by atoms with Crippen molar-refractivity contribution in [1.29, 1.82) is 0 Å². The molecule has 4 heteroatoms. The molecule has 0 aliphatic heterocycles. The molecule has 15 heavy (non-hydrogen) atoms. The fraction of sp³-hybridized carbons (Fsp3) is 0.455. The Morgan fingerprint density at radius 2 is 1.73 bits per heavy atom. The van der Waals surface area contributed by atoms with E-state index in [1.54, 1.807) is 21.0 Å². The van der Waals surface area contributed by atoms with Crippen LogP contribution in [0.4, 0.5) is 0 Å². The number of sulfonamides is 1. The molecule has 0 radical (unpaired) electrons. The van der Waals surface area contributed by atoms with Crippen LogP contribution in [0.1, 0.15) is 12.5 Å². The molecule has 1 rings (SSSR count). The summed E-state index contributed by atoms with van der Waals surface area (Å²) in [6, 6.07) is 9.66. The molecule has 1 aromatic carbocycles. The Morgan fingerprint density at radius 1 is 1.20 bits per heavy atom. The van der Waals surface area contributed by atoms with Gasteiger partial charge in [0.05, 0.1) is 5.25 Å². The highest BCUT2D eigenvalue weighted by Crippen LogP contribution is 2.11.